The number of aromatic nitrogens is 1. The highest BCUT2D eigenvalue weighted by molar-refractivity contribution is 7.51. The number of nitrogens with two attached hydrogens (primary N) is 1. The first-order valence-corrected chi connectivity index (χ1v) is 12.7. The van der Waals surface area contributed by atoms with Gasteiger partial charge in [0.25, 0.3) is 5.88 Å². The zero-order chi connectivity index (χ0) is 22.5. The first-order chi connectivity index (χ1) is 15.3. The maximum absolute atomic E-state index is 13.3. The van der Waals surface area contributed by atoms with Crippen molar-refractivity contribution in [3.63, 3.8) is 0 Å². The van der Waals surface area contributed by atoms with Gasteiger partial charge in [-0.15, -0.1) is 0 Å². The molecule has 7 rings (SSSR count). The van der Waals surface area contributed by atoms with Gasteiger partial charge in [-0.3, -0.25) is 0 Å². The summed E-state index contributed by atoms with van der Waals surface area (Å²) in [7, 11) is -4.96. The molecule has 1 aromatic carbocycles. The Morgan fingerprint density at radius 2 is 1.75 bits per heavy atom. The van der Waals surface area contributed by atoms with E-state index in [9.17, 15) is 9.13 Å². The molecule has 13 nitrogen and oxygen atoms in total. The number of hydrogen-bond acceptors (Lipinski definition) is 13. The standard InChI is InChI=1S/C17H19N3O10P2/c1-7(5-4-6-18)19-11-10-8-9(17-28-32(22,29-17)30-17)13-16(20-10)27-31(21,25-13)26-14(11)15(24-3)12(8)23-2/h7,19H,4-6,18H2,1-3H3. The molecule has 6 heterocycles. The molecule has 3 N–H and O–H groups in total. The highest BCUT2D eigenvalue weighted by atomic mass is 31.2. The van der Waals surface area contributed by atoms with Gasteiger partial charge in [0.2, 0.25) is 17.2 Å². The Hall–Kier alpha value is -2.27. The van der Waals surface area contributed by atoms with E-state index in [0.717, 1.165) is 12.8 Å². The van der Waals surface area contributed by atoms with E-state index in [-0.39, 0.29) is 40.5 Å². The Morgan fingerprint density at radius 1 is 1.06 bits per heavy atom. The van der Waals surface area contributed by atoms with Crippen LogP contribution in [-0.4, -0.2) is 31.8 Å². The first kappa shape index (κ1) is 20.3. The van der Waals surface area contributed by atoms with Crippen molar-refractivity contribution in [1.29, 1.82) is 0 Å². The molecule has 2 atom stereocenters. The van der Waals surface area contributed by atoms with E-state index in [4.69, 9.17) is 42.3 Å². The van der Waals surface area contributed by atoms with E-state index < -0.39 is 21.6 Å². The van der Waals surface area contributed by atoms with Gasteiger partial charge in [0, 0.05) is 6.04 Å². The number of benzene rings is 1. The molecule has 5 aliphatic rings. The van der Waals surface area contributed by atoms with Gasteiger partial charge >= 0.3 is 21.6 Å². The van der Waals surface area contributed by atoms with Crippen LogP contribution in [0.2, 0.25) is 0 Å². The topological polar surface area (TPSA) is 159 Å². The van der Waals surface area contributed by atoms with Crippen LogP contribution in [0.3, 0.4) is 0 Å². The number of hydrogen-bond donors (Lipinski definition) is 2. The normalized spacial score (nSPS) is 31.1. The van der Waals surface area contributed by atoms with Crippen LogP contribution in [0.5, 0.6) is 28.9 Å². The van der Waals surface area contributed by atoms with Gasteiger partial charge in [0.05, 0.1) is 19.6 Å². The summed E-state index contributed by atoms with van der Waals surface area (Å²) < 4.78 is 69.3. The molecule has 3 fully saturated rings. The van der Waals surface area contributed by atoms with Crippen molar-refractivity contribution in [1.82, 2.24) is 4.98 Å². The van der Waals surface area contributed by atoms with Gasteiger partial charge in [-0.2, -0.15) is 4.57 Å². The van der Waals surface area contributed by atoms with Crippen LogP contribution in [0.4, 0.5) is 5.69 Å². The third kappa shape index (κ3) is 2.52. The second kappa shape index (κ2) is 6.40. The summed E-state index contributed by atoms with van der Waals surface area (Å²) >= 11 is 0. The summed E-state index contributed by atoms with van der Waals surface area (Å²) in [5, 5.41) is 3.65. The van der Waals surface area contributed by atoms with Crippen molar-refractivity contribution in [3.8, 4) is 28.9 Å². The van der Waals surface area contributed by atoms with Crippen LogP contribution in [0.1, 0.15) is 25.3 Å². The third-order valence-corrected chi connectivity index (χ3v) is 8.07. The minimum absolute atomic E-state index is 0.0458. The van der Waals surface area contributed by atoms with E-state index in [1.54, 1.807) is 0 Å². The maximum atomic E-state index is 13.3. The number of nitrogens with one attached hydrogen (secondary N) is 1. The van der Waals surface area contributed by atoms with Crippen molar-refractivity contribution in [2.24, 2.45) is 5.73 Å². The molecule has 3 saturated heterocycles. The number of anilines is 1. The summed E-state index contributed by atoms with van der Waals surface area (Å²) in [4.78, 5) is 4.52. The maximum Gasteiger partial charge on any atom is 0.648 e. The summed E-state index contributed by atoms with van der Waals surface area (Å²) in [5.74, 6) is -1.68. The fraction of sp³-hybridized carbons (Fsp3) is 0.471. The lowest BCUT2D eigenvalue weighted by molar-refractivity contribution is -0.441. The summed E-state index contributed by atoms with van der Waals surface area (Å²) in [6.45, 7) is 2.49. The molecule has 15 heteroatoms. The average molecular weight is 487 g/mol. The van der Waals surface area contributed by atoms with Crippen molar-refractivity contribution in [2.45, 2.75) is 31.8 Å². The van der Waals surface area contributed by atoms with Gasteiger partial charge in [-0.1, -0.05) is 0 Å². The lowest BCUT2D eigenvalue weighted by atomic mass is 10.0. The Kier molecular flexibility index (Phi) is 4.07. The highest BCUT2D eigenvalue weighted by Crippen LogP contribution is 2.86. The Labute approximate surface area is 181 Å². The van der Waals surface area contributed by atoms with Crippen LogP contribution >= 0.6 is 15.6 Å². The predicted octanol–water partition coefficient (Wildman–Crippen LogP) is 3.36. The molecule has 0 saturated carbocycles. The molecule has 1 aromatic heterocycles. The zero-order valence-electron chi connectivity index (χ0n) is 17.2. The zero-order valence-corrected chi connectivity index (χ0v) is 19.0. The Morgan fingerprint density at radius 3 is 2.38 bits per heavy atom. The molecule has 0 radical (unpaired) electrons. The molecular weight excluding hydrogens is 468 g/mol. The molecule has 32 heavy (non-hydrogen) atoms. The van der Waals surface area contributed by atoms with E-state index in [1.807, 2.05) is 6.92 Å². The van der Waals surface area contributed by atoms with Crippen molar-refractivity contribution >= 4 is 32.2 Å². The lowest BCUT2D eigenvalue weighted by Crippen LogP contribution is -2.54. The monoisotopic (exact) mass is 487 g/mol. The van der Waals surface area contributed by atoms with Crippen LogP contribution in [-0.2, 0) is 28.7 Å². The Bertz CT molecular complexity index is 1260. The number of rotatable bonds is 8. The number of pyridine rings is 1. The van der Waals surface area contributed by atoms with E-state index in [0.29, 0.717) is 23.1 Å². The molecule has 0 spiro atoms. The molecular formula is C17H19N3O10P2. The number of phosphoric ester groups is 2. The summed E-state index contributed by atoms with van der Waals surface area (Å²) in [6.07, 6.45) is 1.53. The highest BCUT2D eigenvalue weighted by Gasteiger charge is 2.78. The molecule has 172 valence electrons. The van der Waals surface area contributed by atoms with Crippen LogP contribution in [0.25, 0.3) is 10.9 Å². The van der Waals surface area contributed by atoms with Crippen LogP contribution < -0.4 is 34.1 Å². The van der Waals surface area contributed by atoms with Gasteiger partial charge in [-0.05, 0) is 26.3 Å². The predicted molar refractivity (Wildman–Crippen MR) is 108 cm³/mol. The molecule has 2 aromatic rings. The van der Waals surface area contributed by atoms with Gasteiger partial charge in [-0.25, -0.2) is 23.1 Å². The second-order valence-electron chi connectivity index (χ2n) is 7.59. The smallest absolute Gasteiger partial charge is 0.492 e. The van der Waals surface area contributed by atoms with Crippen molar-refractivity contribution < 1.29 is 45.7 Å². The molecule has 2 unspecified atom stereocenters. The van der Waals surface area contributed by atoms with Gasteiger partial charge < -0.3 is 34.1 Å². The summed E-state index contributed by atoms with van der Waals surface area (Å²) in [5.41, 5.74) is 6.45. The number of phosphoric acid groups is 2. The number of methoxy groups -OCH3 is 2. The third-order valence-electron chi connectivity index (χ3n) is 5.47. The minimum atomic E-state index is -4.20. The fourth-order valence-corrected chi connectivity index (χ4v) is 6.59. The van der Waals surface area contributed by atoms with Crippen molar-refractivity contribution in [2.75, 3.05) is 26.1 Å². The number of nitrogens with zero attached hydrogens (tertiary/aromatic N) is 1. The molecule has 5 aliphatic heterocycles. The van der Waals surface area contributed by atoms with Gasteiger partial charge in [0.15, 0.2) is 5.75 Å². The van der Waals surface area contributed by atoms with Crippen molar-refractivity contribution in [3.05, 3.63) is 5.56 Å². The Balaban J connectivity index is 1.67. The van der Waals surface area contributed by atoms with E-state index in [2.05, 4.69) is 10.3 Å². The van der Waals surface area contributed by atoms with Gasteiger partial charge in [0.1, 0.15) is 16.8 Å². The minimum Gasteiger partial charge on any atom is -0.492 e. The second-order valence-corrected chi connectivity index (χ2v) is 10.5. The van der Waals surface area contributed by atoms with Crippen LogP contribution in [0, 0.1) is 0 Å². The largest absolute Gasteiger partial charge is 0.648 e. The van der Waals surface area contributed by atoms with Crippen LogP contribution in [0.15, 0.2) is 0 Å². The van der Waals surface area contributed by atoms with E-state index >= 15 is 0 Å². The average Bonchev–Trinajstić information content (AvgIpc) is 3.07. The number of fused-ring (bicyclic) bond motifs is 2. The number of ether oxygens (including phenoxy) is 2. The molecule has 0 aliphatic carbocycles. The summed E-state index contributed by atoms with van der Waals surface area (Å²) in [6, 6.07) is -0.0634. The van der Waals surface area contributed by atoms with E-state index in [1.165, 1.54) is 14.2 Å². The SMILES string of the molecule is COc1c2c(NC(C)CCCN)c3nc4c(c(C56OP(=O)(O5)O6)c3c1OC)OP(=O)(O4)O2. The molecule has 0 amide bonds. The lowest BCUT2D eigenvalue weighted by Gasteiger charge is -2.55. The fourth-order valence-electron chi connectivity index (χ4n) is 4.15. The molecule has 6 bridgehead atoms. The quantitative estimate of drug-likeness (QED) is 0.523. The first-order valence-electron chi connectivity index (χ1n) is 9.79.